The molecule has 0 amide bonds. The molecule has 11 heavy (non-hydrogen) atoms. The summed E-state index contributed by atoms with van der Waals surface area (Å²) in [6.45, 7) is 2.58. The average molecular weight is 157 g/mol. The summed E-state index contributed by atoms with van der Waals surface area (Å²) in [4.78, 5) is 0. The number of nitrogens with two attached hydrogens (primary N) is 1. The van der Waals surface area contributed by atoms with Crippen molar-refractivity contribution < 1.29 is 10.5 Å². The Balaban J connectivity index is 3.72. The van der Waals surface area contributed by atoms with Crippen LogP contribution in [0.15, 0.2) is 23.5 Å². The van der Waals surface area contributed by atoms with Crippen molar-refractivity contribution in [1.82, 2.24) is 0 Å². The molecule has 0 fully saturated rings. The molecule has 0 aromatic heterocycles. The molecule has 0 atom stereocenters. The van der Waals surface area contributed by atoms with Crippen LogP contribution in [0.25, 0.3) is 0 Å². The van der Waals surface area contributed by atoms with Crippen molar-refractivity contribution in [3.63, 3.8) is 0 Å². The van der Waals surface area contributed by atoms with Gasteiger partial charge in [-0.05, 0) is 19.4 Å². The Kier molecular flexibility index (Phi) is 5.51. The molecule has 0 saturated heterocycles. The number of rotatable bonds is 4. The molecule has 0 spiro atoms. The SMILES string of the molecule is COCCC=C([NH3+])C=C(C)N. The van der Waals surface area contributed by atoms with Gasteiger partial charge < -0.3 is 16.2 Å². The standard InChI is InChI=1S/C8H16N2O/c1-7(9)6-8(10)4-3-5-11-2/h4,6H,3,5,9-10H2,1-2H3/p+1. The lowest BCUT2D eigenvalue weighted by atomic mass is 10.3. The lowest BCUT2D eigenvalue weighted by molar-refractivity contribution is -0.295. The molecule has 0 aliphatic heterocycles. The third-order valence-corrected chi connectivity index (χ3v) is 1.14. The van der Waals surface area contributed by atoms with Gasteiger partial charge in [-0.3, -0.25) is 0 Å². The van der Waals surface area contributed by atoms with Gasteiger partial charge in [-0.15, -0.1) is 0 Å². The first-order chi connectivity index (χ1) is 5.16. The minimum atomic E-state index is 0.733. The van der Waals surface area contributed by atoms with Crippen molar-refractivity contribution in [2.45, 2.75) is 13.3 Å². The summed E-state index contributed by atoms with van der Waals surface area (Å²) in [5.41, 5.74) is 11.0. The van der Waals surface area contributed by atoms with E-state index in [1.54, 1.807) is 7.11 Å². The molecule has 0 rings (SSSR count). The van der Waals surface area contributed by atoms with Gasteiger partial charge >= 0.3 is 0 Å². The van der Waals surface area contributed by atoms with Gasteiger partial charge in [-0.1, -0.05) is 0 Å². The minimum absolute atomic E-state index is 0.733. The lowest BCUT2D eigenvalue weighted by Crippen LogP contribution is -2.46. The number of allylic oxidation sites excluding steroid dienone is 2. The monoisotopic (exact) mass is 157 g/mol. The second-order valence-corrected chi connectivity index (χ2v) is 2.45. The van der Waals surface area contributed by atoms with Crippen molar-refractivity contribution in [3.8, 4) is 0 Å². The number of methoxy groups -OCH3 is 1. The van der Waals surface area contributed by atoms with Crippen LogP contribution in [0, 0.1) is 0 Å². The average Bonchev–Trinajstić information content (AvgIpc) is 1.86. The molecule has 0 aromatic rings. The van der Waals surface area contributed by atoms with Crippen LogP contribution in [-0.4, -0.2) is 13.7 Å². The number of quaternary nitrogens is 1. The molecule has 0 saturated carbocycles. The predicted molar refractivity (Wildman–Crippen MR) is 45.4 cm³/mol. The zero-order valence-electron chi connectivity index (χ0n) is 7.26. The van der Waals surface area contributed by atoms with E-state index in [0.29, 0.717) is 0 Å². The van der Waals surface area contributed by atoms with Gasteiger partial charge in [0.2, 0.25) is 0 Å². The highest BCUT2D eigenvalue weighted by atomic mass is 16.5. The highest BCUT2D eigenvalue weighted by Crippen LogP contribution is 1.91. The van der Waals surface area contributed by atoms with Crippen LogP contribution < -0.4 is 11.5 Å². The summed E-state index contributed by atoms with van der Waals surface area (Å²) in [6, 6.07) is 0. The Bertz CT molecular complexity index is 157. The number of hydrogen-bond acceptors (Lipinski definition) is 2. The van der Waals surface area contributed by atoms with Gasteiger partial charge in [0, 0.05) is 25.5 Å². The maximum atomic E-state index is 5.45. The van der Waals surface area contributed by atoms with Gasteiger partial charge in [-0.25, -0.2) is 0 Å². The summed E-state index contributed by atoms with van der Waals surface area (Å²) in [6.07, 6.45) is 4.73. The Morgan fingerprint density at radius 3 is 2.73 bits per heavy atom. The topological polar surface area (TPSA) is 62.9 Å². The van der Waals surface area contributed by atoms with E-state index in [9.17, 15) is 0 Å². The molecular formula is C8H17N2O+. The van der Waals surface area contributed by atoms with E-state index >= 15 is 0 Å². The first kappa shape index (κ1) is 10.2. The fourth-order valence-electron chi connectivity index (χ4n) is 0.714. The highest BCUT2D eigenvalue weighted by Gasteiger charge is 1.88. The Hall–Kier alpha value is -0.800. The molecule has 0 aromatic carbocycles. The third kappa shape index (κ3) is 7.09. The Morgan fingerprint density at radius 2 is 2.27 bits per heavy atom. The molecule has 0 unspecified atom stereocenters. The molecule has 5 N–H and O–H groups in total. The molecule has 0 heterocycles. The summed E-state index contributed by atoms with van der Waals surface area (Å²) >= 11 is 0. The quantitative estimate of drug-likeness (QED) is 0.446. The fourth-order valence-corrected chi connectivity index (χ4v) is 0.714. The second kappa shape index (κ2) is 5.95. The van der Waals surface area contributed by atoms with E-state index < -0.39 is 0 Å². The summed E-state index contributed by atoms with van der Waals surface area (Å²) in [5.74, 6) is 0. The largest absolute Gasteiger partial charge is 0.402 e. The lowest BCUT2D eigenvalue weighted by Gasteiger charge is -1.92. The summed E-state index contributed by atoms with van der Waals surface area (Å²) in [7, 11) is 1.68. The highest BCUT2D eigenvalue weighted by molar-refractivity contribution is 5.12. The zero-order chi connectivity index (χ0) is 8.69. The molecular weight excluding hydrogens is 140 g/mol. The van der Waals surface area contributed by atoms with Crippen molar-refractivity contribution in [2.24, 2.45) is 5.73 Å². The fraction of sp³-hybridized carbons (Fsp3) is 0.500. The minimum Gasteiger partial charge on any atom is -0.402 e. The van der Waals surface area contributed by atoms with E-state index in [0.717, 1.165) is 24.4 Å². The Morgan fingerprint density at radius 1 is 1.64 bits per heavy atom. The Labute approximate surface area is 67.7 Å². The summed E-state index contributed by atoms with van der Waals surface area (Å²) in [5, 5.41) is 0. The van der Waals surface area contributed by atoms with Crippen molar-refractivity contribution in [3.05, 3.63) is 23.5 Å². The maximum absolute atomic E-state index is 5.45. The normalized spacial score (nSPS) is 13.7. The molecule has 0 bridgehead atoms. The van der Waals surface area contributed by atoms with Crippen molar-refractivity contribution in [1.29, 1.82) is 0 Å². The van der Waals surface area contributed by atoms with Crippen LogP contribution in [0.4, 0.5) is 0 Å². The van der Waals surface area contributed by atoms with Crippen molar-refractivity contribution >= 4 is 0 Å². The van der Waals surface area contributed by atoms with Crippen LogP contribution in [0.2, 0.25) is 0 Å². The first-order valence-corrected chi connectivity index (χ1v) is 3.61. The predicted octanol–water partition coefficient (Wildman–Crippen LogP) is 0.0112. The molecule has 3 nitrogen and oxygen atoms in total. The van der Waals surface area contributed by atoms with Crippen LogP contribution in [0.1, 0.15) is 13.3 Å². The van der Waals surface area contributed by atoms with E-state index in [1.807, 2.05) is 19.1 Å². The van der Waals surface area contributed by atoms with Crippen LogP contribution in [0.5, 0.6) is 0 Å². The smallest absolute Gasteiger partial charge is 0.125 e. The molecule has 0 aliphatic rings. The number of ether oxygens (including phenoxy) is 1. The first-order valence-electron chi connectivity index (χ1n) is 3.61. The van der Waals surface area contributed by atoms with E-state index in [2.05, 4.69) is 5.73 Å². The van der Waals surface area contributed by atoms with Gasteiger partial charge in [-0.2, -0.15) is 0 Å². The maximum Gasteiger partial charge on any atom is 0.125 e. The van der Waals surface area contributed by atoms with Gasteiger partial charge in [0.05, 0.1) is 0 Å². The zero-order valence-corrected chi connectivity index (χ0v) is 7.26. The molecule has 64 valence electrons. The van der Waals surface area contributed by atoms with Crippen LogP contribution in [-0.2, 0) is 4.74 Å². The molecule has 0 aliphatic carbocycles. The van der Waals surface area contributed by atoms with Gasteiger partial charge in [0.25, 0.3) is 0 Å². The van der Waals surface area contributed by atoms with Crippen molar-refractivity contribution in [2.75, 3.05) is 13.7 Å². The van der Waals surface area contributed by atoms with E-state index in [1.165, 1.54) is 0 Å². The number of hydrogen-bond donors (Lipinski definition) is 2. The second-order valence-electron chi connectivity index (χ2n) is 2.45. The van der Waals surface area contributed by atoms with Crippen LogP contribution >= 0.6 is 0 Å². The van der Waals surface area contributed by atoms with Gasteiger partial charge in [0.15, 0.2) is 0 Å². The summed E-state index contributed by atoms with van der Waals surface area (Å²) < 4.78 is 4.87. The van der Waals surface area contributed by atoms with Gasteiger partial charge in [0.1, 0.15) is 5.70 Å². The van der Waals surface area contributed by atoms with E-state index in [-0.39, 0.29) is 0 Å². The van der Waals surface area contributed by atoms with Crippen LogP contribution in [0.3, 0.4) is 0 Å². The third-order valence-electron chi connectivity index (χ3n) is 1.14. The molecule has 3 heteroatoms. The van der Waals surface area contributed by atoms with E-state index in [4.69, 9.17) is 10.5 Å². The molecule has 0 radical (unpaired) electrons.